The van der Waals surface area contributed by atoms with Gasteiger partial charge in [-0.1, -0.05) is 19.9 Å². The fraction of sp³-hybridized carbons (Fsp3) is 0.571. The van der Waals surface area contributed by atoms with Crippen molar-refractivity contribution in [2.45, 2.75) is 26.1 Å². The molecule has 94 valence electrons. The molecule has 2 unspecified atom stereocenters. The number of hydrogen-bond donors (Lipinski definition) is 0. The van der Waals surface area contributed by atoms with Crippen LogP contribution >= 0.6 is 11.6 Å². The average Bonchev–Trinajstić information content (AvgIpc) is 2.32. The zero-order valence-corrected chi connectivity index (χ0v) is 11.2. The van der Waals surface area contributed by atoms with Crippen molar-refractivity contribution >= 4 is 17.3 Å². The van der Waals surface area contributed by atoms with Gasteiger partial charge in [-0.3, -0.25) is 0 Å². The summed E-state index contributed by atoms with van der Waals surface area (Å²) < 4.78 is 13.9. The molecule has 0 amide bonds. The highest BCUT2D eigenvalue weighted by molar-refractivity contribution is 6.17. The molecule has 1 fully saturated rings. The second kappa shape index (κ2) is 5.26. The van der Waals surface area contributed by atoms with Gasteiger partial charge in [0.1, 0.15) is 5.82 Å². The number of anilines is 1. The SMILES string of the molecule is CC1CCN(c2ccc(CCl)cc2F)CC1C. The van der Waals surface area contributed by atoms with Crippen LogP contribution in [-0.2, 0) is 5.88 Å². The minimum atomic E-state index is -0.148. The Bertz CT molecular complexity index is 394. The zero-order chi connectivity index (χ0) is 12.4. The van der Waals surface area contributed by atoms with Crippen LogP contribution < -0.4 is 4.90 Å². The van der Waals surface area contributed by atoms with E-state index in [9.17, 15) is 4.39 Å². The largest absolute Gasteiger partial charge is 0.369 e. The van der Waals surface area contributed by atoms with Gasteiger partial charge in [0.05, 0.1) is 5.69 Å². The average molecular weight is 256 g/mol. The Kier molecular flexibility index (Phi) is 3.93. The molecule has 1 saturated heterocycles. The normalized spacial score (nSPS) is 25.1. The van der Waals surface area contributed by atoms with Crippen molar-refractivity contribution in [3.63, 3.8) is 0 Å². The van der Waals surface area contributed by atoms with Gasteiger partial charge in [0, 0.05) is 19.0 Å². The molecule has 1 aliphatic heterocycles. The Morgan fingerprint density at radius 3 is 2.71 bits per heavy atom. The molecule has 0 N–H and O–H groups in total. The lowest BCUT2D eigenvalue weighted by atomic mass is 9.88. The monoisotopic (exact) mass is 255 g/mol. The first-order chi connectivity index (χ1) is 8.11. The molecular formula is C14H19ClFN. The van der Waals surface area contributed by atoms with E-state index < -0.39 is 0 Å². The summed E-state index contributed by atoms with van der Waals surface area (Å²) in [6, 6.07) is 5.31. The number of piperidine rings is 1. The van der Waals surface area contributed by atoms with Crippen LogP contribution in [0.5, 0.6) is 0 Å². The van der Waals surface area contributed by atoms with Crippen LogP contribution in [0.4, 0.5) is 10.1 Å². The van der Waals surface area contributed by atoms with E-state index in [0.29, 0.717) is 11.8 Å². The van der Waals surface area contributed by atoms with Gasteiger partial charge in [0.15, 0.2) is 0 Å². The second-order valence-electron chi connectivity index (χ2n) is 5.11. The third-order valence-corrected chi connectivity index (χ3v) is 4.15. The van der Waals surface area contributed by atoms with Gasteiger partial charge < -0.3 is 4.90 Å². The first-order valence-corrected chi connectivity index (χ1v) is 6.74. The molecule has 1 nitrogen and oxygen atoms in total. The lowest BCUT2D eigenvalue weighted by Gasteiger charge is -2.37. The van der Waals surface area contributed by atoms with Crippen molar-refractivity contribution < 1.29 is 4.39 Å². The topological polar surface area (TPSA) is 3.24 Å². The summed E-state index contributed by atoms with van der Waals surface area (Å²) in [7, 11) is 0. The molecule has 1 heterocycles. The van der Waals surface area contributed by atoms with E-state index >= 15 is 0 Å². The first-order valence-electron chi connectivity index (χ1n) is 6.21. The van der Waals surface area contributed by atoms with Crippen molar-refractivity contribution in [2.75, 3.05) is 18.0 Å². The Balaban J connectivity index is 2.17. The summed E-state index contributed by atoms with van der Waals surface area (Å²) in [5, 5.41) is 0. The van der Waals surface area contributed by atoms with E-state index in [4.69, 9.17) is 11.6 Å². The maximum Gasteiger partial charge on any atom is 0.146 e. The number of hydrogen-bond acceptors (Lipinski definition) is 1. The molecule has 0 saturated carbocycles. The minimum absolute atomic E-state index is 0.148. The number of benzene rings is 1. The van der Waals surface area contributed by atoms with Crippen molar-refractivity contribution in [2.24, 2.45) is 11.8 Å². The molecule has 3 heteroatoms. The maximum absolute atomic E-state index is 13.9. The lowest BCUT2D eigenvalue weighted by molar-refractivity contribution is 0.322. The summed E-state index contributed by atoms with van der Waals surface area (Å²) in [5.41, 5.74) is 1.56. The van der Waals surface area contributed by atoms with Gasteiger partial charge in [-0.05, 0) is 36.0 Å². The van der Waals surface area contributed by atoms with Crippen molar-refractivity contribution in [1.29, 1.82) is 0 Å². The number of rotatable bonds is 2. The quantitative estimate of drug-likeness (QED) is 0.721. The summed E-state index contributed by atoms with van der Waals surface area (Å²) in [4.78, 5) is 2.15. The standard InChI is InChI=1S/C14H19ClFN/c1-10-5-6-17(9-11(10)2)14-4-3-12(8-15)7-13(14)16/h3-4,7,10-11H,5-6,8-9H2,1-2H3. The fourth-order valence-corrected chi connectivity index (χ4v) is 2.54. The van der Waals surface area contributed by atoms with E-state index in [2.05, 4.69) is 18.7 Å². The second-order valence-corrected chi connectivity index (χ2v) is 5.38. The molecule has 1 aliphatic rings. The Hall–Kier alpha value is -0.760. The summed E-state index contributed by atoms with van der Waals surface area (Å²) in [6.45, 7) is 6.40. The van der Waals surface area contributed by atoms with Crippen LogP contribution in [-0.4, -0.2) is 13.1 Å². The van der Waals surface area contributed by atoms with E-state index in [1.165, 1.54) is 0 Å². The predicted octanol–water partition coefficient (Wildman–Crippen LogP) is 4.05. The zero-order valence-electron chi connectivity index (χ0n) is 10.4. The van der Waals surface area contributed by atoms with Gasteiger partial charge in [0.25, 0.3) is 0 Å². The fourth-order valence-electron chi connectivity index (χ4n) is 2.37. The molecule has 2 atom stereocenters. The third kappa shape index (κ3) is 2.74. The summed E-state index contributed by atoms with van der Waals surface area (Å²) in [5.74, 6) is 1.57. The third-order valence-electron chi connectivity index (χ3n) is 3.84. The molecule has 0 aliphatic carbocycles. The molecule has 0 radical (unpaired) electrons. The molecule has 0 bridgehead atoms. The molecule has 0 spiro atoms. The Morgan fingerprint density at radius 2 is 2.12 bits per heavy atom. The molecular weight excluding hydrogens is 237 g/mol. The predicted molar refractivity (Wildman–Crippen MR) is 71.1 cm³/mol. The lowest BCUT2D eigenvalue weighted by Crippen LogP contribution is -2.38. The maximum atomic E-state index is 13.9. The van der Waals surface area contributed by atoms with Gasteiger partial charge in [-0.25, -0.2) is 4.39 Å². The van der Waals surface area contributed by atoms with Crippen molar-refractivity contribution in [3.8, 4) is 0 Å². The minimum Gasteiger partial charge on any atom is -0.369 e. The van der Waals surface area contributed by atoms with Gasteiger partial charge in [-0.2, -0.15) is 0 Å². The molecule has 17 heavy (non-hydrogen) atoms. The van der Waals surface area contributed by atoms with E-state index in [-0.39, 0.29) is 5.82 Å². The molecule has 2 rings (SSSR count). The summed E-state index contributed by atoms with van der Waals surface area (Å²) in [6.07, 6.45) is 1.14. The van der Waals surface area contributed by atoms with Crippen LogP contribution in [0.2, 0.25) is 0 Å². The van der Waals surface area contributed by atoms with Gasteiger partial charge in [0.2, 0.25) is 0 Å². The van der Waals surface area contributed by atoms with Gasteiger partial charge >= 0.3 is 0 Å². The first kappa shape index (κ1) is 12.7. The van der Waals surface area contributed by atoms with Gasteiger partial charge in [-0.15, -0.1) is 11.6 Å². The van der Waals surface area contributed by atoms with Crippen molar-refractivity contribution in [3.05, 3.63) is 29.6 Å². The van der Waals surface area contributed by atoms with Crippen molar-refractivity contribution in [1.82, 2.24) is 0 Å². The van der Waals surface area contributed by atoms with E-state index in [1.807, 2.05) is 12.1 Å². The van der Waals surface area contributed by atoms with E-state index in [0.717, 1.165) is 36.7 Å². The number of halogens is 2. The van der Waals surface area contributed by atoms with Crippen LogP contribution in [0.1, 0.15) is 25.8 Å². The summed E-state index contributed by atoms with van der Waals surface area (Å²) >= 11 is 5.70. The smallest absolute Gasteiger partial charge is 0.146 e. The molecule has 0 aromatic heterocycles. The Labute approximate surface area is 108 Å². The molecule has 1 aromatic carbocycles. The van der Waals surface area contributed by atoms with E-state index in [1.54, 1.807) is 6.07 Å². The van der Waals surface area contributed by atoms with Crippen LogP contribution in [0, 0.1) is 17.7 Å². The van der Waals surface area contributed by atoms with Crippen LogP contribution in [0.3, 0.4) is 0 Å². The van der Waals surface area contributed by atoms with Crippen LogP contribution in [0.15, 0.2) is 18.2 Å². The number of nitrogens with zero attached hydrogens (tertiary/aromatic N) is 1. The number of alkyl halides is 1. The Morgan fingerprint density at radius 1 is 1.35 bits per heavy atom. The highest BCUT2D eigenvalue weighted by atomic mass is 35.5. The highest BCUT2D eigenvalue weighted by Crippen LogP contribution is 2.29. The highest BCUT2D eigenvalue weighted by Gasteiger charge is 2.24. The molecule has 1 aromatic rings. The van der Waals surface area contributed by atoms with Crippen LogP contribution in [0.25, 0.3) is 0 Å².